The minimum absolute atomic E-state index is 0.0323. The molecule has 162 valence electrons. The molecule has 31 heavy (non-hydrogen) atoms. The lowest BCUT2D eigenvalue weighted by atomic mass is 9.87. The van der Waals surface area contributed by atoms with E-state index in [9.17, 15) is 4.39 Å². The Morgan fingerprint density at radius 3 is 2.42 bits per heavy atom. The molecular formula is C28H33FN2. The minimum atomic E-state index is -0.357. The van der Waals surface area contributed by atoms with Crippen molar-refractivity contribution in [3.05, 3.63) is 102 Å². The van der Waals surface area contributed by atoms with Crippen LogP contribution in [0.2, 0.25) is 0 Å². The van der Waals surface area contributed by atoms with E-state index in [1.165, 1.54) is 11.6 Å². The zero-order valence-electron chi connectivity index (χ0n) is 19.2. The van der Waals surface area contributed by atoms with Gasteiger partial charge in [-0.2, -0.15) is 0 Å². The standard InChI is InChI=1S/C28H33FN2/c1-8-21(3)20-31(26-14-12-24(13-15-26)28(4,5)6)17-16-25(30-7)18-22-10-11-23(9-2)27(29)19-22/h2,8,10-17,19-20,25,30H,1,18H2,3-7H3/b17-16-,21-20+. The number of hydrogen-bond donors (Lipinski definition) is 1. The van der Waals surface area contributed by atoms with E-state index >= 15 is 0 Å². The van der Waals surface area contributed by atoms with Crippen molar-refractivity contribution in [2.24, 2.45) is 0 Å². The van der Waals surface area contributed by atoms with E-state index in [1.54, 1.807) is 6.07 Å². The second-order valence-corrected chi connectivity index (χ2v) is 8.68. The van der Waals surface area contributed by atoms with Crippen molar-refractivity contribution in [1.29, 1.82) is 0 Å². The fourth-order valence-corrected chi connectivity index (χ4v) is 3.13. The molecule has 0 fully saturated rings. The summed E-state index contributed by atoms with van der Waals surface area (Å²) in [4.78, 5) is 2.08. The van der Waals surface area contributed by atoms with Crippen LogP contribution in [0.1, 0.15) is 44.4 Å². The van der Waals surface area contributed by atoms with Gasteiger partial charge in [-0.25, -0.2) is 4.39 Å². The second kappa shape index (κ2) is 10.8. The summed E-state index contributed by atoms with van der Waals surface area (Å²) in [5, 5.41) is 3.28. The molecule has 0 aliphatic heterocycles. The van der Waals surface area contributed by atoms with Crippen LogP contribution < -0.4 is 10.2 Å². The number of terminal acetylenes is 1. The Balaban J connectivity index is 2.27. The van der Waals surface area contributed by atoms with Crippen molar-refractivity contribution < 1.29 is 4.39 Å². The molecule has 2 rings (SSSR count). The molecular weight excluding hydrogens is 383 g/mol. The maximum absolute atomic E-state index is 14.0. The largest absolute Gasteiger partial charge is 0.324 e. The maximum atomic E-state index is 14.0. The molecule has 0 aliphatic carbocycles. The van der Waals surface area contributed by atoms with Gasteiger partial charge in [0.25, 0.3) is 0 Å². The summed E-state index contributed by atoms with van der Waals surface area (Å²) in [5.74, 6) is 2.00. The van der Waals surface area contributed by atoms with E-state index in [0.717, 1.165) is 16.8 Å². The third-order valence-electron chi connectivity index (χ3n) is 5.19. The number of nitrogens with one attached hydrogen (secondary N) is 1. The smallest absolute Gasteiger partial charge is 0.139 e. The molecule has 0 saturated heterocycles. The van der Waals surface area contributed by atoms with Crippen LogP contribution in [-0.2, 0) is 11.8 Å². The SMILES string of the molecule is C#Cc1ccc(CC(/C=C\N(/C=C(\C)C=C)c2ccc(C(C)(C)C)cc2)NC)cc1F. The topological polar surface area (TPSA) is 15.3 Å². The molecule has 0 aliphatic rings. The van der Waals surface area contributed by atoms with Gasteiger partial charge in [-0.05, 0) is 66.8 Å². The van der Waals surface area contributed by atoms with Crippen molar-refractivity contribution in [2.45, 2.75) is 45.6 Å². The molecule has 1 N–H and O–H groups in total. The number of likely N-dealkylation sites (N-methyl/N-ethyl adjacent to an activating group) is 1. The third kappa shape index (κ3) is 6.98. The summed E-state index contributed by atoms with van der Waals surface area (Å²) in [6.45, 7) is 12.5. The number of benzene rings is 2. The fraction of sp³-hybridized carbons (Fsp3) is 0.286. The van der Waals surface area contributed by atoms with Crippen LogP contribution in [0.5, 0.6) is 0 Å². The Kier molecular flexibility index (Phi) is 8.42. The average molecular weight is 417 g/mol. The highest BCUT2D eigenvalue weighted by molar-refractivity contribution is 5.54. The number of allylic oxidation sites excluding steroid dienone is 2. The van der Waals surface area contributed by atoms with Crippen LogP contribution >= 0.6 is 0 Å². The first-order valence-corrected chi connectivity index (χ1v) is 10.5. The van der Waals surface area contributed by atoms with E-state index in [1.807, 2.05) is 38.5 Å². The number of halogens is 1. The van der Waals surface area contributed by atoms with Gasteiger partial charge < -0.3 is 10.2 Å². The zero-order chi connectivity index (χ0) is 23.0. The van der Waals surface area contributed by atoms with Gasteiger partial charge in [-0.15, -0.1) is 6.42 Å². The van der Waals surface area contributed by atoms with E-state index in [0.29, 0.717) is 6.42 Å². The second-order valence-electron chi connectivity index (χ2n) is 8.68. The third-order valence-corrected chi connectivity index (χ3v) is 5.19. The predicted octanol–water partition coefficient (Wildman–Crippen LogP) is 6.35. The van der Waals surface area contributed by atoms with Gasteiger partial charge in [0.15, 0.2) is 0 Å². The summed E-state index contributed by atoms with van der Waals surface area (Å²) in [7, 11) is 1.90. The first-order valence-electron chi connectivity index (χ1n) is 10.5. The van der Waals surface area contributed by atoms with Gasteiger partial charge in [0.05, 0.1) is 5.56 Å². The quantitative estimate of drug-likeness (QED) is 0.399. The first-order chi connectivity index (χ1) is 14.7. The van der Waals surface area contributed by atoms with Gasteiger partial charge in [0.2, 0.25) is 0 Å². The van der Waals surface area contributed by atoms with Crippen LogP contribution in [0, 0.1) is 18.2 Å². The van der Waals surface area contributed by atoms with E-state index < -0.39 is 0 Å². The number of anilines is 1. The predicted molar refractivity (Wildman–Crippen MR) is 132 cm³/mol. The highest BCUT2D eigenvalue weighted by atomic mass is 19.1. The average Bonchev–Trinajstić information content (AvgIpc) is 2.75. The molecule has 0 saturated carbocycles. The molecule has 0 spiro atoms. The summed E-state index contributed by atoms with van der Waals surface area (Å²) in [6, 6.07) is 13.7. The van der Waals surface area contributed by atoms with Gasteiger partial charge >= 0.3 is 0 Å². The number of nitrogens with zero attached hydrogens (tertiary/aromatic N) is 1. The summed E-state index contributed by atoms with van der Waals surface area (Å²) in [5.41, 5.74) is 4.68. The Labute approximate surface area is 187 Å². The highest BCUT2D eigenvalue weighted by Gasteiger charge is 2.14. The molecule has 1 unspecified atom stereocenters. The van der Waals surface area contributed by atoms with E-state index in [2.05, 4.69) is 73.8 Å². The maximum Gasteiger partial charge on any atom is 0.139 e. The number of rotatable bonds is 8. The molecule has 3 heteroatoms. The van der Waals surface area contributed by atoms with Crippen LogP contribution in [-0.4, -0.2) is 13.1 Å². The highest BCUT2D eigenvalue weighted by Crippen LogP contribution is 2.25. The van der Waals surface area contributed by atoms with Gasteiger partial charge in [0, 0.05) is 24.1 Å². The van der Waals surface area contributed by atoms with Gasteiger partial charge in [0.1, 0.15) is 5.82 Å². The van der Waals surface area contributed by atoms with Crippen LogP contribution in [0.25, 0.3) is 0 Å². The van der Waals surface area contributed by atoms with Crippen molar-refractivity contribution in [3.8, 4) is 12.3 Å². The van der Waals surface area contributed by atoms with Crippen molar-refractivity contribution >= 4 is 5.69 Å². The normalized spacial score (nSPS) is 13.1. The molecule has 0 heterocycles. The Hall–Kier alpha value is -3.09. The Bertz CT molecular complexity index is 985. The van der Waals surface area contributed by atoms with Crippen molar-refractivity contribution in [1.82, 2.24) is 5.32 Å². The lowest BCUT2D eigenvalue weighted by molar-refractivity contribution is 0.590. The Morgan fingerprint density at radius 2 is 1.90 bits per heavy atom. The van der Waals surface area contributed by atoms with E-state index in [-0.39, 0.29) is 22.8 Å². The lowest BCUT2D eigenvalue weighted by Gasteiger charge is -2.22. The molecule has 0 aromatic heterocycles. The summed E-state index contributed by atoms with van der Waals surface area (Å²) >= 11 is 0. The lowest BCUT2D eigenvalue weighted by Crippen LogP contribution is -2.26. The van der Waals surface area contributed by atoms with Gasteiger partial charge in [-0.3, -0.25) is 0 Å². The number of hydrogen-bond acceptors (Lipinski definition) is 2. The molecule has 0 amide bonds. The van der Waals surface area contributed by atoms with Crippen LogP contribution in [0.4, 0.5) is 10.1 Å². The fourth-order valence-electron chi connectivity index (χ4n) is 3.13. The zero-order valence-corrected chi connectivity index (χ0v) is 19.2. The molecule has 0 bridgehead atoms. The van der Waals surface area contributed by atoms with Crippen LogP contribution in [0.15, 0.2) is 79.2 Å². The van der Waals surface area contributed by atoms with Crippen LogP contribution in [0.3, 0.4) is 0 Å². The molecule has 2 aromatic rings. The summed E-state index contributed by atoms with van der Waals surface area (Å²) < 4.78 is 14.0. The summed E-state index contributed by atoms with van der Waals surface area (Å²) in [6.07, 6.45) is 14.0. The molecule has 1 atom stereocenters. The van der Waals surface area contributed by atoms with E-state index in [4.69, 9.17) is 6.42 Å². The monoisotopic (exact) mass is 416 g/mol. The van der Waals surface area contributed by atoms with Crippen molar-refractivity contribution in [3.63, 3.8) is 0 Å². The van der Waals surface area contributed by atoms with Crippen molar-refractivity contribution in [2.75, 3.05) is 11.9 Å². The minimum Gasteiger partial charge on any atom is -0.324 e. The Morgan fingerprint density at radius 1 is 1.23 bits per heavy atom. The molecule has 0 radical (unpaired) electrons. The molecule has 2 nitrogen and oxygen atoms in total. The first kappa shape index (κ1) is 24.2. The molecule has 2 aromatic carbocycles. The van der Waals surface area contributed by atoms with Gasteiger partial charge in [-0.1, -0.05) is 63.6 Å².